The number of hydrogen-bond acceptors (Lipinski definition) is 4. The molecule has 0 aliphatic carbocycles. The molecule has 0 atom stereocenters. The number of nitrogens with zero attached hydrogens (tertiary/aromatic N) is 2. The van der Waals surface area contributed by atoms with Crippen molar-refractivity contribution in [3.8, 4) is 10.6 Å². The molecule has 3 aromatic heterocycles. The number of rotatable bonds is 1. The summed E-state index contributed by atoms with van der Waals surface area (Å²) in [6.07, 6.45) is 1.70. The summed E-state index contributed by atoms with van der Waals surface area (Å²) >= 11 is 3.32. The summed E-state index contributed by atoms with van der Waals surface area (Å²) in [6.45, 7) is 0. The lowest BCUT2D eigenvalue weighted by atomic mass is 10.4. The maximum atomic E-state index is 5.84. The first kappa shape index (κ1) is 8.02. The van der Waals surface area contributed by atoms with Crippen molar-refractivity contribution in [2.75, 3.05) is 5.73 Å². The van der Waals surface area contributed by atoms with Crippen molar-refractivity contribution in [1.29, 1.82) is 0 Å². The number of thiophene rings is 1. The van der Waals surface area contributed by atoms with Crippen molar-refractivity contribution in [3.05, 3.63) is 29.1 Å². The van der Waals surface area contributed by atoms with Crippen molar-refractivity contribution in [1.82, 2.24) is 9.38 Å². The van der Waals surface area contributed by atoms with Gasteiger partial charge in [0.25, 0.3) is 0 Å². The molecule has 0 radical (unpaired) electrons. The van der Waals surface area contributed by atoms with Gasteiger partial charge in [-0.2, -0.15) is 0 Å². The second-order valence-corrected chi connectivity index (χ2v) is 4.68. The Morgan fingerprint density at radius 3 is 3.07 bits per heavy atom. The molecular weight excluding hydrogens is 214 g/mol. The molecule has 0 amide bonds. The molecule has 70 valence electrons. The van der Waals surface area contributed by atoms with E-state index in [1.807, 2.05) is 10.5 Å². The maximum Gasteiger partial charge on any atom is 0.195 e. The van der Waals surface area contributed by atoms with Gasteiger partial charge in [0.2, 0.25) is 0 Å². The highest BCUT2D eigenvalue weighted by Crippen LogP contribution is 2.30. The van der Waals surface area contributed by atoms with Crippen molar-refractivity contribution in [2.45, 2.75) is 0 Å². The molecule has 2 N–H and O–H groups in total. The molecule has 0 saturated carbocycles. The minimum atomic E-state index is 0.699. The molecule has 0 aliphatic rings. The van der Waals surface area contributed by atoms with Crippen LogP contribution in [-0.2, 0) is 0 Å². The third-order valence-electron chi connectivity index (χ3n) is 2.05. The zero-order valence-electron chi connectivity index (χ0n) is 7.18. The van der Waals surface area contributed by atoms with Crippen LogP contribution in [0.3, 0.4) is 0 Å². The van der Waals surface area contributed by atoms with Gasteiger partial charge >= 0.3 is 0 Å². The van der Waals surface area contributed by atoms with Crippen LogP contribution in [-0.4, -0.2) is 9.38 Å². The third-order valence-corrected chi connectivity index (χ3v) is 3.78. The van der Waals surface area contributed by atoms with E-state index in [0.717, 1.165) is 10.7 Å². The highest BCUT2D eigenvalue weighted by molar-refractivity contribution is 7.16. The van der Waals surface area contributed by atoms with Crippen LogP contribution in [0.2, 0.25) is 0 Å². The van der Waals surface area contributed by atoms with Crippen LogP contribution in [0.25, 0.3) is 15.5 Å². The Morgan fingerprint density at radius 1 is 1.36 bits per heavy atom. The van der Waals surface area contributed by atoms with Gasteiger partial charge in [-0.1, -0.05) is 6.07 Å². The first-order chi connectivity index (χ1) is 6.86. The standard InChI is InChI=1S/C9H7N3S2/c10-8-4-11-9-12(8)6(5-14-9)7-2-1-3-13-7/h1-5H,10H2. The zero-order valence-corrected chi connectivity index (χ0v) is 8.81. The lowest BCUT2D eigenvalue weighted by Gasteiger charge is -1.96. The predicted octanol–water partition coefficient (Wildman–Crippen LogP) is 2.71. The summed E-state index contributed by atoms with van der Waals surface area (Å²) in [5.74, 6) is 0.699. The Balaban J connectivity index is 2.36. The van der Waals surface area contributed by atoms with Crippen molar-refractivity contribution >= 4 is 33.5 Å². The maximum absolute atomic E-state index is 5.84. The molecule has 5 heteroatoms. The largest absolute Gasteiger partial charge is 0.383 e. The van der Waals surface area contributed by atoms with Crippen molar-refractivity contribution in [3.63, 3.8) is 0 Å². The van der Waals surface area contributed by atoms with Gasteiger partial charge in [0.05, 0.1) is 16.8 Å². The molecule has 3 aromatic rings. The van der Waals surface area contributed by atoms with Crippen LogP contribution < -0.4 is 5.73 Å². The quantitative estimate of drug-likeness (QED) is 0.686. The van der Waals surface area contributed by atoms with E-state index in [4.69, 9.17) is 5.73 Å². The van der Waals surface area contributed by atoms with Gasteiger partial charge in [0, 0.05) is 5.38 Å². The van der Waals surface area contributed by atoms with Crippen LogP contribution in [0.1, 0.15) is 0 Å². The number of aromatic nitrogens is 2. The van der Waals surface area contributed by atoms with Crippen molar-refractivity contribution in [2.24, 2.45) is 0 Å². The Bertz CT molecular complexity index is 562. The monoisotopic (exact) mass is 221 g/mol. The number of thiazole rings is 1. The summed E-state index contributed by atoms with van der Waals surface area (Å²) < 4.78 is 1.98. The van der Waals surface area contributed by atoms with E-state index in [1.165, 1.54) is 4.88 Å². The molecule has 0 saturated heterocycles. The molecule has 3 nitrogen and oxygen atoms in total. The van der Waals surface area contributed by atoms with Crippen LogP contribution in [0.4, 0.5) is 5.82 Å². The van der Waals surface area contributed by atoms with Gasteiger partial charge in [0.15, 0.2) is 4.96 Å². The summed E-state index contributed by atoms with van der Waals surface area (Å²) in [7, 11) is 0. The molecule has 3 heterocycles. The van der Waals surface area contributed by atoms with Gasteiger partial charge in [0.1, 0.15) is 5.82 Å². The van der Waals surface area contributed by atoms with Gasteiger partial charge < -0.3 is 5.73 Å². The fourth-order valence-electron chi connectivity index (χ4n) is 1.43. The number of nitrogen functional groups attached to an aromatic ring is 1. The number of hydrogen-bond donors (Lipinski definition) is 1. The minimum absolute atomic E-state index is 0.699. The van der Waals surface area contributed by atoms with E-state index >= 15 is 0 Å². The SMILES string of the molecule is Nc1cnc2scc(-c3cccs3)n12. The summed E-state index contributed by atoms with van der Waals surface area (Å²) in [4.78, 5) is 6.38. The highest BCUT2D eigenvalue weighted by Gasteiger charge is 2.09. The Morgan fingerprint density at radius 2 is 2.29 bits per heavy atom. The Labute approximate surface area is 88.4 Å². The number of imidazole rings is 1. The lowest BCUT2D eigenvalue weighted by Crippen LogP contribution is -1.91. The predicted molar refractivity (Wildman–Crippen MR) is 60.8 cm³/mol. The molecule has 0 fully saturated rings. The van der Waals surface area contributed by atoms with E-state index in [1.54, 1.807) is 28.9 Å². The number of fused-ring (bicyclic) bond motifs is 1. The Kier molecular flexibility index (Phi) is 1.62. The molecule has 0 aliphatic heterocycles. The fourth-order valence-corrected chi connectivity index (χ4v) is 3.10. The average molecular weight is 221 g/mol. The minimum Gasteiger partial charge on any atom is -0.383 e. The Hall–Kier alpha value is -1.33. The first-order valence-electron chi connectivity index (χ1n) is 4.10. The second kappa shape index (κ2) is 2.83. The van der Waals surface area contributed by atoms with E-state index in [9.17, 15) is 0 Å². The number of anilines is 1. The van der Waals surface area contributed by atoms with E-state index in [-0.39, 0.29) is 0 Å². The van der Waals surface area contributed by atoms with Gasteiger partial charge in [-0.15, -0.1) is 22.7 Å². The fraction of sp³-hybridized carbons (Fsp3) is 0. The number of nitrogens with two attached hydrogens (primary N) is 1. The van der Waals surface area contributed by atoms with E-state index < -0.39 is 0 Å². The summed E-state index contributed by atoms with van der Waals surface area (Å²) in [5, 5.41) is 4.15. The van der Waals surface area contributed by atoms with Crippen molar-refractivity contribution < 1.29 is 0 Å². The first-order valence-corrected chi connectivity index (χ1v) is 5.86. The second-order valence-electron chi connectivity index (χ2n) is 2.90. The third kappa shape index (κ3) is 0.995. The average Bonchev–Trinajstić information content (AvgIpc) is 2.84. The summed E-state index contributed by atoms with van der Waals surface area (Å²) in [5.41, 5.74) is 6.97. The molecule has 0 bridgehead atoms. The van der Waals surface area contributed by atoms with Gasteiger partial charge in [-0.3, -0.25) is 4.40 Å². The topological polar surface area (TPSA) is 43.3 Å². The molecule has 14 heavy (non-hydrogen) atoms. The molecule has 0 aromatic carbocycles. The lowest BCUT2D eigenvalue weighted by molar-refractivity contribution is 1.25. The zero-order chi connectivity index (χ0) is 9.54. The molecule has 0 unspecified atom stereocenters. The van der Waals surface area contributed by atoms with Crippen LogP contribution >= 0.6 is 22.7 Å². The van der Waals surface area contributed by atoms with E-state index in [0.29, 0.717) is 5.82 Å². The van der Waals surface area contributed by atoms with Gasteiger partial charge in [-0.25, -0.2) is 4.98 Å². The molecular formula is C9H7N3S2. The summed E-state index contributed by atoms with van der Waals surface area (Å²) in [6, 6.07) is 4.13. The van der Waals surface area contributed by atoms with Gasteiger partial charge in [-0.05, 0) is 11.4 Å². The van der Waals surface area contributed by atoms with Crippen LogP contribution in [0, 0.1) is 0 Å². The highest BCUT2D eigenvalue weighted by atomic mass is 32.1. The van der Waals surface area contributed by atoms with Crippen LogP contribution in [0.5, 0.6) is 0 Å². The normalized spacial score (nSPS) is 11.1. The molecule has 3 rings (SSSR count). The van der Waals surface area contributed by atoms with E-state index in [2.05, 4.69) is 21.8 Å². The van der Waals surface area contributed by atoms with Crippen LogP contribution in [0.15, 0.2) is 29.1 Å². The smallest absolute Gasteiger partial charge is 0.195 e. The molecule has 0 spiro atoms.